The van der Waals surface area contributed by atoms with Crippen molar-refractivity contribution in [2.75, 3.05) is 14.2 Å². The Hall–Kier alpha value is -2.48. The van der Waals surface area contributed by atoms with Crippen LogP contribution in [-0.4, -0.2) is 14.2 Å². The van der Waals surface area contributed by atoms with Gasteiger partial charge in [-0.1, -0.05) is 42.5 Å². The van der Waals surface area contributed by atoms with E-state index in [0.717, 1.165) is 28.2 Å². The van der Waals surface area contributed by atoms with Crippen LogP contribution in [0.15, 0.2) is 66.8 Å². The molecule has 0 atom stereocenters. The molecule has 2 aromatic carbocycles. The minimum atomic E-state index is 0.849. The van der Waals surface area contributed by atoms with Crippen molar-refractivity contribution in [3.8, 4) is 11.5 Å². The highest BCUT2D eigenvalue weighted by molar-refractivity contribution is 5.81. The van der Waals surface area contributed by atoms with Gasteiger partial charge in [0, 0.05) is 0 Å². The fraction of sp³-hybridized carbons (Fsp3) is 0.158. The first-order valence-electron chi connectivity index (χ1n) is 6.90. The van der Waals surface area contributed by atoms with E-state index in [9.17, 15) is 0 Å². The van der Waals surface area contributed by atoms with Crippen LogP contribution in [0.4, 0.5) is 0 Å². The Kier molecular flexibility index (Phi) is 5.22. The Morgan fingerprint density at radius 2 is 1.38 bits per heavy atom. The van der Waals surface area contributed by atoms with Gasteiger partial charge in [-0.15, -0.1) is 0 Å². The molecule has 2 heteroatoms. The molecule has 0 unspecified atom stereocenters. The molecular weight excluding hydrogens is 260 g/mol. The summed E-state index contributed by atoms with van der Waals surface area (Å²) in [6, 6.07) is 16.1. The summed E-state index contributed by atoms with van der Waals surface area (Å²) in [7, 11) is 3.36. The molecule has 0 aliphatic carbocycles. The highest BCUT2D eigenvalue weighted by atomic mass is 16.5. The van der Waals surface area contributed by atoms with E-state index in [1.165, 1.54) is 0 Å². The number of benzene rings is 2. The van der Waals surface area contributed by atoms with Crippen LogP contribution < -0.4 is 9.47 Å². The number of rotatable bonds is 5. The molecule has 21 heavy (non-hydrogen) atoms. The lowest BCUT2D eigenvalue weighted by molar-refractivity contribution is 0.414. The topological polar surface area (TPSA) is 18.5 Å². The molecule has 0 aliphatic rings. The molecule has 2 nitrogen and oxygen atoms in total. The first kappa shape index (κ1) is 14.9. The number of ether oxygens (including phenoxy) is 2. The van der Waals surface area contributed by atoms with Crippen molar-refractivity contribution < 1.29 is 9.47 Å². The smallest absolute Gasteiger partial charge is 0.119 e. The van der Waals surface area contributed by atoms with Crippen molar-refractivity contribution in [1.29, 1.82) is 0 Å². The van der Waals surface area contributed by atoms with E-state index >= 15 is 0 Å². The number of hydrogen-bond acceptors (Lipinski definition) is 2. The average Bonchev–Trinajstić information content (AvgIpc) is 2.55. The van der Waals surface area contributed by atoms with Gasteiger partial charge in [-0.25, -0.2) is 0 Å². The maximum Gasteiger partial charge on any atom is 0.119 e. The summed E-state index contributed by atoms with van der Waals surface area (Å²) in [4.78, 5) is 0. The standard InChI is InChI=1S/C19H20O2/c1-4-5-12-19(15-8-6-10-17(13-15)20-2)16-9-7-11-18(14-16)21-3/h4-14H,1-3H3/b5-4+. The number of hydrogen-bond donors (Lipinski definition) is 0. The zero-order valence-corrected chi connectivity index (χ0v) is 12.7. The highest BCUT2D eigenvalue weighted by Crippen LogP contribution is 2.28. The summed E-state index contributed by atoms with van der Waals surface area (Å²) >= 11 is 0. The van der Waals surface area contributed by atoms with Gasteiger partial charge in [0.2, 0.25) is 0 Å². The SMILES string of the molecule is C/C=C/C=C(c1cccc(OC)c1)c1cccc(OC)c1. The summed E-state index contributed by atoms with van der Waals surface area (Å²) in [5.41, 5.74) is 3.35. The minimum absolute atomic E-state index is 0.849. The lowest BCUT2D eigenvalue weighted by Crippen LogP contribution is -1.91. The third-order valence-electron chi connectivity index (χ3n) is 3.22. The third kappa shape index (κ3) is 3.76. The van der Waals surface area contributed by atoms with Crippen LogP contribution >= 0.6 is 0 Å². The molecule has 0 heterocycles. The predicted molar refractivity (Wildman–Crippen MR) is 87.9 cm³/mol. The van der Waals surface area contributed by atoms with Crippen LogP contribution in [0.25, 0.3) is 5.57 Å². The first-order valence-corrected chi connectivity index (χ1v) is 6.90. The van der Waals surface area contributed by atoms with E-state index in [2.05, 4.69) is 18.2 Å². The molecule has 0 spiro atoms. The summed E-state index contributed by atoms with van der Waals surface area (Å²) in [6.07, 6.45) is 6.15. The van der Waals surface area contributed by atoms with Crippen LogP contribution in [-0.2, 0) is 0 Å². The monoisotopic (exact) mass is 280 g/mol. The first-order chi connectivity index (χ1) is 10.3. The van der Waals surface area contributed by atoms with Crippen LogP contribution in [0.3, 0.4) is 0 Å². The lowest BCUT2D eigenvalue weighted by Gasteiger charge is -2.11. The Morgan fingerprint density at radius 3 is 1.81 bits per heavy atom. The molecule has 0 fully saturated rings. The molecule has 0 bridgehead atoms. The van der Waals surface area contributed by atoms with Gasteiger partial charge in [0.25, 0.3) is 0 Å². The van der Waals surface area contributed by atoms with Gasteiger partial charge in [-0.2, -0.15) is 0 Å². The van der Waals surface area contributed by atoms with E-state index < -0.39 is 0 Å². The largest absolute Gasteiger partial charge is 0.497 e. The summed E-state index contributed by atoms with van der Waals surface area (Å²) in [5.74, 6) is 1.70. The molecule has 2 rings (SSSR count). The fourth-order valence-corrected chi connectivity index (χ4v) is 2.13. The molecule has 0 amide bonds. The van der Waals surface area contributed by atoms with Crippen LogP contribution in [0.2, 0.25) is 0 Å². The molecule has 0 aliphatic heterocycles. The summed E-state index contributed by atoms with van der Waals surface area (Å²) < 4.78 is 10.6. The van der Waals surface area contributed by atoms with Crippen LogP contribution in [0.5, 0.6) is 11.5 Å². The number of methoxy groups -OCH3 is 2. The minimum Gasteiger partial charge on any atom is -0.497 e. The van der Waals surface area contributed by atoms with Crippen molar-refractivity contribution in [3.05, 3.63) is 77.9 Å². The Morgan fingerprint density at radius 1 is 0.857 bits per heavy atom. The number of allylic oxidation sites excluding steroid dienone is 3. The summed E-state index contributed by atoms with van der Waals surface area (Å²) in [5, 5.41) is 0. The van der Waals surface area contributed by atoms with Crippen molar-refractivity contribution in [2.45, 2.75) is 6.92 Å². The molecule has 0 N–H and O–H groups in total. The maximum absolute atomic E-state index is 5.32. The van der Waals surface area contributed by atoms with Crippen LogP contribution in [0, 0.1) is 0 Å². The maximum atomic E-state index is 5.32. The summed E-state index contributed by atoms with van der Waals surface area (Å²) in [6.45, 7) is 2.01. The highest BCUT2D eigenvalue weighted by Gasteiger charge is 2.06. The lowest BCUT2D eigenvalue weighted by atomic mass is 9.97. The Bertz CT molecular complexity index is 605. The molecule has 0 radical (unpaired) electrons. The van der Waals surface area contributed by atoms with Gasteiger partial charge in [0.15, 0.2) is 0 Å². The molecule has 0 saturated carbocycles. The quantitative estimate of drug-likeness (QED) is 0.738. The van der Waals surface area contributed by atoms with Crippen LogP contribution in [0.1, 0.15) is 18.1 Å². The van der Waals surface area contributed by atoms with E-state index in [0.29, 0.717) is 0 Å². The van der Waals surface area contributed by atoms with Crippen molar-refractivity contribution in [3.63, 3.8) is 0 Å². The molecule has 0 aromatic heterocycles. The third-order valence-corrected chi connectivity index (χ3v) is 3.22. The van der Waals surface area contributed by atoms with E-state index in [1.54, 1.807) is 14.2 Å². The zero-order chi connectivity index (χ0) is 15.1. The van der Waals surface area contributed by atoms with Gasteiger partial charge in [0.1, 0.15) is 11.5 Å². The van der Waals surface area contributed by atoms with Gasteiger partial charge in [-0.3, -0.25) is 0 Å². The normalized spacial score (nSPS) is 10.4. The average molecular weight is 280 g/mol. The van der Waals surface area contributed by atoms with Gasteiger partial charge >= 0.3 is 0 Å². The van der Waals surface area contributed by atoms with Gasteiger partial charge in [0.05, 0.1) is 14.2 Å². The second-order valence-electron chi connectivity index (χ2n) is 4.57. The fourth-order valence-electron chi connectivity index (χ4n) is 2.13. The molecule has 0 saturated heterocycles. The van der Waals surface area contributed by atoms with Crippen molar-refractivity contribution in [1.82, 2.24) is 0 Å². The molecular formula is C19H20O2. The Labute approximate surface area is 126 Å². The molecule has 108 valence electrons. The second kappa shape index (κ2) is 7.34. The van der Waals surface area contributed by atoms with E-state index in [-0.39, 0.29) is 0 Å². The van der Waals surface area contributed by atoms with Crippen molar-refractivity contribution >= 4 is 5.57 Å². The second-order valence-corrected chi connectivity index (χ2v) is 4.57. The van der Waals surface area contributed by atoms with Gasteiger partial charge < -0.3 is 9.47 Å². The van der Waals surface area contributed by atoms with E-state index in [4.69, 9.17) is 9.47 Å². The van der Waals surface area contributed by atoms with Crippen molar-refractivity contribution in [2.24, 2.45) is 0 Å². The Balaban J connectivity index is 2.52. The molecule has 2 aromatic rings. The van der Waals surface area contributed by atoms with Gasteiger partial charge in [-0.05, 0) is 47.9 Å². The van der Waals surface area contributed by atoms with E-state index in [1.807, 2.05) is 55.5 Å². The zero-order valence-electron chi connectivity index (χ0n) is 12.7. The predicted octanol–water partition coefficient (Wildman–Crippen LogP) is 4.71.